The van der Waals surface area contributed by atoms with Crippen LogP contribution in [0.2, 0.25) is 0 Å². The Morgan fingerprint density at radius 1 is 0.923 bits per heavy atom. The standard InChI is InChI=1S/C17H20N2O5S2/c1-24-12-13-4-2-3-5-17(13)19-26(22,23)16-10-8-15(9-11-16)25(20,21)18-14-6-7-14/h2-5,8-11,14,18-19H,6-7,12H2,1H3. The van der Waals surface area contributed by atoms with Crippen LogP contribution < -0.4 is 9.44 Å². The maximum Gasteiger partial charge on any atom is 0.261 e. The number of hydrogen-bond donors (Lipinski definition) is 2. The number of nitrogens with one attached hydrogen (secondary N) is 2. The molecule has 26 heavy (non-hydrogen) atoms. The van der Waals surface area contributed by atoms with Gasteiger partial charge in [0.25, 0.3) is 10.0 Å². The molecule has 0 amide bonds. The van der Waals surface area contributed by atoms with Crippen molar-refractivity contribution in [1.82, 2.24) is 4.72 Å². The molecule has 0 saturated heterocycles. The summed E-state index contributed by atoms with van der Waals surface area (Å²) in [4.78, 5) is 0.0261. The number of methoxy groups -OCH3 is 1. The lowest BCUT2D eigenvalue weighted by Crippen LogP contribution is -2.25. The third-order valence-electron chi connectivity index (χ3n) is 3.91. The van der Waals surface area contributed by atoms with Crippen molar-refractivity contribution in [3.05, 3.63) is 54.1 Å². The number of ether oxygens (including phenoxy) is 1. The van der Waals surface area contributed by atoms with Gasteiger partial charge in [-0.1, -0.05) is 18.2 Å². The molecule has 0 unspecified atom stereocenters. The van der Waals surface area contributed by atoms with E-state index in [-0.39, 0.29) is 22.4 Å². The molecule has 9 heteroatoms. The second kappa shape index (κ2) is 7.36. The van der Waals surface area contributed by atoms with Gasteiger partial charge >= 0.3 is 0 Å². The van der Waals surface area contributed by atoms with Gasteiger partial charge in [0.05, 0.1) is 22.1 Å². The molecule has 2 N–H and O–H groups in total. The van der Waals surface area contributed by atoms with Crippen LogP contribution in [-0.2, 0) is 31.4 Å². The van der Waals surface area contributed by atoms with Gasteiger partial charge in [-0.3, -0.25) is 4.72 Å². The highest BCUT2D eigenvalue weighted by molar-refractivity contribution is 7.92. The summed E-state index contributed by atoms with van der Waals surface area (Å²) in [6.45, 7) is 0.267. The molecule has 0 aromatic heterocycles. The van der Waals surface area contributed by atoms with Crippen molar-refractivity contribution >= 4 is 25.7 Å². The molecule has 1 aliphatic carbocycles. The minimum atomic E-state index is -3.85. The van der Waals surface area contributed by atoms with Gasteiger partial charge in [0.15, 0.2) is 0 Å². The first kappa shape index (κ1) is 18.8. The lowest BCUT2D eigenvalue weighted by molar-refractivity contribution is 0.185. The predicted molar refractivity (Wildman–Crippen MR) is 97.7 cm³/mol. The molecular weight excluding hydrogens is 376 g/mol. The van der Waals surface area contributed by atoms with E-state index in [4.69, 9.17) is 4.74 Å². The van der Waals surface area contributed by atoms with Gasteiger partial charge < -0.3 is 4.74 Å². The summed E-state index contributed by atoms with van der Waals surface area (Å²) >= 11 is 0. The maximum atomic E-state index is 12.6. The van der Waals surface area contributed by atoms with Gasteiger partial charge in [-0.15, -0.1) is 0 Å². The van der Waals surface area contributed by atoms with Gasteiger partial charge in [0.2, 0.25) is 10.0 Å². The molecule has 0 atom stereocenters. The molecule has 2 aromatic carbocycles. The highest BCUT2D eigenvalue weighted by Gasteiger charge is 2.28. The third kappa shape index (κ3) is 4.42. The molecule has 0 aliphatic heterocycles. The summed E-state index contributed by atoms with van der Waals surface area (Å²) < 4.78 is 59.6. The Morgan fingerprint density at radius 2 is 1.50 bits per heavy atom. The zero-order valence-electron chi connectivity index (χ0n) is 14.2. The molecule has 0 heterocycles. The van der Waals surface area contributed by atoms with Crippen LogP contribution in [0.5, 0.6) is 0 Å². The van der Waals surface area contributed by atoms with Gasteiger partial charge in [0.1, 0.15) is 0 Å². The number of para-hydroxylation sites is 1. The topological polar surface area (TPSA) is 102 Å². The van der Waals surface area contributed by atoms with Crippen molar-refractivity contribution in [2.75, 3.05) is 11.8 Å². The molecule has 1 fully saturated rings. The Morgan fingerprint density at radius 3 is 2.08 bits per heavy atom. The lowest BCUT2D eigenvalue weighted by Gasteiger charge is -2.12. The molecule has 1 saturated carbocycles. The van der Waals surface area contributed by atoms with Crippen LogP contribution in [0.3, 0.4) is 0 Å². The second-order valence-electron chi connectivity index (χ2n) is 6.06. The van der Waals surface area contributed by atoms with Crippen molar-refractivity contribution in [2.45, 2.75) is 35.3 Å². The van der Waals surface area contributed by atoms with Crippen molar-refractivity contribution < 1.29 is 21.6 Å². The fourth-order valence-corrected chi connectivity index (χ4v) is 4.80. The van der Waals surface area contributed by atoms with Crippen molar-refractivity contribution in [2.24, 2.45) is 0 Å². The Hall–Kier alpha value is -1.94. The third-order valence-corrected chi connectivity index (χ3v) is 6.82. The first-order valence-electron chi connectivity index (χ1n) is 8.04. The Bertz CT molecular complexity index is 982. The zero-order chi connectivity index (χ0) is 18.8. The van der Waals surface area contributed by atoms with E-state index in [1.807, 2.05) is 0 Å². The van der Waals surface area contributed by atoms with Crippen molar-refractivity contribution in [3.63, 3.8) is 0 Å². The van der Waals surface area contributed by atoms with E-state index in [9.17, 15) is 16.8 Å². The summed E-state index contributed by atoms with van der Waals surface area (Å²) in [5, 5.41) is 0. The number of rotatable bonds is 8. The van der Waals surface area contributed by atoms with Gasteiger partial charge in [-0.05, 0) is 43.2 Å². The van der Waals surface area contributed by atoms with E-state index in [1.54, 1.807) is 24.3 Å². The van der Waals surface area contributed by atoms with E-state index in [0.717, 1.165) is 12.8 Å². The van der Waals surface area contributed by atoms with Crippen LogP contribution in [0, 0.1) is 0 Å². The highest BCUT2D eigenvalue weighted by Crippen LogP contribution is 2.24. The van der Waals surface area contributed by atoms with E-state index in [0.29, 0.717) is 11.3 Å². The van der Waals surface area contributed by atoms with E-state index in [2.05, 4.69) is 9.44 Å². The van der Waals surface area contributed by atoms with Crippen LogP contribution >= 0.6 is 0 Å². The molecular formula is C17H20N2O5S2. The summed E-state index contributed by atoms with van der Waals surface area (Å²) in [5.41, 5.74) is 1.12. The molecule has 1 aliphatic rings. The normalized spacial score (nSPS) is 15.0. The van der Waals surface area contributed by atoms with Crippen LogP contribution in [0.25, 0.3) is 0 Å². The zero-order valence-corrected chi connectivity index (χ0v) is 15.8. The van der Waals surface area contributed by atoms with E-state index < -0.39 is 20.0 Å². The first-order valence-corrected chi connectivity index (χ1v) is 11.0. The summed E-state index contributed by atoms with van der Waals surface area (Å²) in [6.07, 6.45) is 1.66. The SMILES string of the molecule is COCc1ccccc1NS(=O)(=O)c1ccc(S(=O)(=O)NC2CC2)cc1. The smallest absolute Gasteiger partial charge is 0.261 e. The lowest BCUT2D eigenvalue weighted by atomic mass is 10.2. The minimum Gasteiger partial charge on any atom is -0.380 e. The summed E-state index contributed by atoms with van der Waals surface area (Å²) in [7, 11) is -5.93. The maximum absolute atomic E-state index is 12.6. The minimum absolute atomic E-state index is 0.0117. The predicted octanol–water partition coefficient (Wildman–Crippen LogP) is 2.07. The number of anilines is 1. The molecule has 2 aromatic rings. The molecule has 0 radical (unpaired) electrons. The van der Waals surface area contributed by atoms with Crippen LogP contribution in [0.4, 0.5) is 5.69 Å². The van der Waals surface area contributed by atoms with Gasteiger partial charge in [0, 0.05) is 18.7 Å². The first-order chi connectivity index (χ1) is 12.3. The van der Waals surface area contributed by atoms with Gasteiger partial charge in [-0.25, -0.2) is 21.6 Å². The monoisotopic (exact) mass is 396 g/mol. The Balaban J connectivity index is 1.82. The van der Waals surface area contributed by atoms with Gasteiger partial charge in [-0.2, -0.15) is 0 Å². The largest absolute Gasteiger partial charge is 0.380 e. The number of sulfonamides is 2. The van der Waals surface area contributed by atoms with Crippen LogP contribution in [0.1, 0.15) is 18.4 Å². The quantitative estimate of drug-likeness (QED) is 0.711. The molecule has 3 rings (SSSR count). The number of benzene rings is 2. The highest BCUT2D eigenvalue weighted by atomic mass is 32.2. The average Bonchev–Trinajstić information content (AvgIpc) is 3.40. The van der Waals surface area contributed by atoms with E-state index >= 15 is 0 Å². The number of hydrogen-bond acceptors (Lipinski definition) is 5. The van der Waals surface area contributed by atoms with E-state index in [1.165, 1.54) is 31.4 Å². The van der Waals surface area contributed by atoms with Crippen molar-refractivity contribution in [1.29, 1.82) is 0 Å². The second-order valence-corrected chi connectivity index (χ2v) is 9.46. The molecule has 7 nitrogen and oxygen atoms in total. The van der Waals surface area contributed by atoms with Crippen LogP contribution in [-0.4, -0.2) is 30.0 Å². The Kier molecular flexibility index (Phi) is 5.33. The van der Waals surface area contributed by atoms with Crippen LogP contribution in [0.15, 0.2) is 58.3 Å². The summed E-state index contributed by atoms with van der Waals surface area (Å²) in [6, 6.07) is 12.0. The average molecular weight is 396 g/mol. The van der Waals surface area contributed by atoms with Crippen molar-refractivity contribution in [3.8, 4) is 0 Å². The fourth-order valence-electron chi connectivity index (χ4n) is 2.39. The fraction of sp³-hybridized carbons (Fsp3) is 0.294. The molecule has 0 bridgehead atoms. The summed E-state index contributed by atoms with van der Waals surface area (Å²) in [5.74, 6) is 0. The Labute approximate surface area is 153 Å². The molecule has 140 valence electrons. The molecule has 0 spiro atoms.